The highest BCUT2D eigenvalue weighted by Crippen LogP contribution is 2.25. The van der Waals surface area contributed by atoms with E-state index in [0.717, 1.165) is 29.3 Å². The molecule has 1 heterocycles. The lowest BCUT2D eigenvalue weighted by atomic mass is 10.1. The molecule has 2 aromatic rings. The molecule has 1 amide bonds. The molecule has 1 aliphatic rings. The van der Waals surface area contributed by atoms with E-state index in [0.29, 0.717) is 12.1 Å². The molecule has 0 saturated heterocycles. The molecule has 1 aromatic heterocycles. The van der Waals surface area contributed by atoms with Crippen molar-refractivity contribution in [2.45, 2.75) is 52.1 Å². The Balaban J connectivity index is 1.96. The van der Waals surface area contributed by atoms with Crippen molar-refractivity contribution in [3.05, 3.63) is 45.7 Å². The molecule has 1 fully saturated rings. The summed E-state index contributed by atoms with van der Waals surface area (Å²) in [6.07, 6.45) is 4.43. The number of nitrogens with zero attached hydrogens (tertiary/aromatic N) is 1. The number of para-hydroxylation sites is 1. The summed E-state index contributed by atoms with van der Waals surface area (Å²) >= 11 is 0. The Morgan fingerprint density at radius 2 is 2.05 bits per heavy atom. The summed E-state index contributed by atoms with van der Waals surface area (Å²) in [6, 6.07) is 8.17. The number of carbonyl (C=O) groups is 1. The number of aromatic amines is 1. The lowest BCUT2D eigenvalue weighted by molar-refractivity contribution is -0.131. The maximum Gasteiger partial charge on any atom is 0.253 e. The summed E-state index contributed by atoms with van der Waals surface area (Å²) in [4.78, 5) is 29.2. The fourth-order valence-electron chi connectivity index (χ4n) is 3.44. The highest BCUT2D eigenvalue weighted by Gasteiger charge is 2.25. The average molecular weight is 298 g/mol. The van der Waals surface area contributed by atoms with Crippen molar-refractivity contribution in [1.29, 1.82) is 0 Å². The first kappa shape index (κ1) is 14.8. The topological polar surface area (TPSA) is 53.2 Å². The Hall–Kier alpha value is -2.10. The SMILES string of the molecule is CC(=O)N(Cc1cc2cccc(C)c2[nH]c1=O)C1CCCC1. The second-order valence-corrected chi connectivity index (χ2v) is 6.25. The van der Waals surface area contributed by atoms with Gasteiger partial charge in [-0.05, 0) is 36.8 Å². The first-order chi connectivity index (χ1) is 10.6. The molecule has 4 nitrogen and oxygen atoms in total. The monoisotopic (exact) mass is 298 g/mol. The van der Waals surface area contributed by atoms with Crippen LogP contribution in [-0.2, 0) is 11.3 Å². The quantitative estimate of drug-likeness (QED) is 0.946. The molecule has 1 aliphatic carbocycles. The van der Waals surface area contributed by atoms with E-state index in [2.05, 4.69) is 4.98 Å². The van der Waals surface area contributed by atoms with E-state index in [1.54, 1.807) is 6.92 Å². The van der Waals surface area contributed by atoms with Crippen LogP contribution in [0.15, 0.2) is 29.1 Å². The Bertz CT molecular complexity index is 757. The van der Waals surface area contributed by atoms with Crippen molar-refractivity contribution >= 4 is 16.8 Å². The van der Waals surface area contributed by atoms with Crippen molar-refractivity contribution in [2.24, 2.45) is 0 Å². The zero-order valence-corrected chi connectivity index (χ0v) is 13.2. The van der Waals surface area contributed by atoms with E-state index in [-0.39, 0.29) is 17.5 Å². The molecule has 1 saturated carbocycles. The van der Waals surface area contributed by atoms with Crippen LogP contribution in [0.4, 0.5) is 0 Å². The molecule has 116 valence electrons. The molecule has 0 atom stereocenters. The number of fused-ring (bicyclic) bond motifs is 1. The number of benzene rings is 1. The van der Waals surface area contributed by atoms with Crippen LogP contribution < -0.4 is 5.56 Å². The number of nitrogens with one attached hydrogen (secondary N) is 1. The molecule has 3 rings (SSSR count). The minimum Gasteiger partial charge on any atom is -0.335 e. The van der Waals surface area contributed by atoms with Gasteiger partial charge in [0, 0.05) is 18.5 Å². The van der Waals surface area contributed by atoms with Crippen molar-refractivity contribution in [2.75, 3.05) is 0 Å². The summed E-state index contributed by atoms with van der Waals surface area (Å²) in [5.74, 6) is 0.0515. The molecule has 1 aromatic carbocycles. The Morgan fingerprint density at radius 1 is 1.32 bits per heavy atom. The predicted octanol–water partition coefficient (Wildman–Crippen LogP) is 3.13. The van der Waals surface area contributed by atoms with Crippen molar-refractivity contribution < 1.29 is 4.79 Å². The lowest BCUT2D eigenvalue weighted by Gasteiger charge is -2.27. The minimum absolute atomic E-state index is 0.0515. The van der Waals surface area contributed by atoms with E-state index >= 15 is 0 Å². The third-order valence-corrected chi connectivity index (χ3v) is 4.68. The molecule has 0 spiro atoms. The standard InChI is InChI=1S/C18H22N2O2/c1-12-6-5-7-14-10-15(18(22)19-17(12)14)11-20(13(2)21)16-8-3-4-9-16/h5-7,10,16H,3-4,8-9,11H2,1-2H3,(H,19,22). The van der Waals surface area contributed by atoms with Crippen LogP contribution in [0.25, 0.3) is 10.9 Å². The zero-order valence-electron chi connectivity index (χ0n) is 13.2. The van der Waals surface area contributed by atoms with E-state index in [9.17, 15) is 9.59 Å². The molecule has 22 heavy (non-hydrogen) atoms. The molecule has 0 bridgehead atoms. The highest BCUT2D eigenvalue weighted by molar-refractivity contribution is 5.82. The van der Waals surface area contributed by atoms with E-state index in [1.807, 2.05) is 36.1 Å². The summed E-state index contributed by atoms with van der Waals surface area (Å²) in [6.45, 7) is 3.98. The number of pyridine rings is 1. The van der Waals surface area contributed by atoms with Gasteiger partial charge in [-0.2, -0.15) is 0 Å². The van der Waals surface area contributed by atoms with Crippen LogP contribution in [0.2, 0.25) is 0 Å². The van der Waals surface area contributed by atoms with Crippen LogP contribution >= 0.6 is 0 Å². The van der Waals surface area contributed by atoms with Crippen LogP contribution in [0, 0.1) is 6.92 Å². The second-order valence-electron chi connectivity index (χ2n) is 6.25. The number of aryl methyl sites for hydroxylation is 1. The maximum absolute atomic E-state index is 12.4. The van der Waals surface area contributed by atoms with Gasteiger partial charge in [-0.25, -0.2) is 0 Å². The van der Waals surface area contributed by atoms with Gasteiger partial charge in [-0.3, -0.25) is 9.59 Å². The van der Waals surface area contributed by atoms with Gasteiger partial charge in [-0.1, -0.05) is 31.0 Å². The number of rotatable bonds is 3. The normalized spacial score (nSPS) is 15.4. The van der Waals surface area contributed by atoms with Crippen molar-refractivity contribution in [1.82, 2.24) is 9.88 Å². The predicted molar refractivity (Wildman–Crippen MR) is 87.8 cm³/mol. The average Bonchev–Trinajstić information content (AvgIpc) is 2.99. The van der Waals surface area contributed by atoms with Gasteiger partial charge in [0.25, 0.3) is 5.56 Å². The van der Waals surface area contributed by atoms with E-state index in [4.69, 9.17) is 0 Å². The zero-order chi connectivity index (χ0) is 15.7. The van der Waals surface area contributed by atoms with E-state index < -0.39 is 0 Å². The van der Waals surface area contributed by atoms with Crippen LogP contribution in [-0.4, -0.2) is 21.8 Å². The van der Waals surface area contributed by atoms with Crippen LogP contribution in [0.1, 0.15) is 43.7 Å². The third-order valence-electron chi connectivity index (χ3n) is 4.68. The minimum atomic E-state index is -0.0916. The molecule has 0 unspecified atom stereocenters. The van der Waals surface area contributed by atoms with E-state index in [1.165, 1.54) is 12.8 Å². The maximum atomic E-state index is 12.4. The summed E-state index contributed by atoms with van der Waals surface area (Å²) in [5.41, 5.74) is 2.51. The number of carbonyl (C=O) groups excluding carboxylic acids is 1. The van der Waals surface area contributed by atoms with Gasteiger partial charge in [-0.15, -0.1) is 0 Å². The number of aromatic nitrogens is 1. The fourth-order valence-corrected chi connectivity index (χ4v) is 3.44. The first-order valence-electron chi connectivity index (χ1n) is 7.95. The lowest BCUT2D eigenvalue weighted by Crippen LogP contribution is -2.38. The van der Waals surface area contributed by atoms with Crippen LogP contribution in [0.3, 0.4) is 0 Å². The fraction of sp³-hybridized carbons (Fsp3) is 0.444. The van der Waals surface area contributed by atoms with Gasteiger partial charge in [0.1, 0.15) is 0 Å². The summed E-state index contributed by atoms with van der Waals surface area (Å²) in [5, 5.41) is 1.02. The largest absolute Gasteiger partial charge is 0.335 e. The number of H-pyrrole nitrogens is 1. The Morgan fingerprint density at radius 3 is 2.73 bits per heavy atom. The molecular formula is C18H22N2O2. The first-order valence-corrected chi connectivity index (χ1v) is 7.95. The van der Waals surface area contributed by atoms with Crippen LogP contribution in [0.5, 0.6) is 0 Å². The van der Waals surface area contributed by atoms with Gasteiger partial charge >= 0.3 is 0 Å². The van der Waals surface area contributed by atoms with Gasteiger partial charge in [0.2, 0.25) is 5.91 Å². The smallest absolute Gasteiger partial charge is 0.253 e. The molecule has 4 heteroatoms. The van der Waals surface area contributed by atoms with Gasteiger partial charge in [0.05, 0.1) is 12.1 Å². The van der Waals surface area contributed by atoms with Crippen molar-refractivity contribution in [3.63, 3.8) is 0 Å². The number of amides is 1. The molecular weight excluding hydrogens is 276 g/mol. The second kappa shape index (κ2) is 5.95. The summed E-state index contributed by atoms with van der Waals surface area (Å²) < 4.78 is 0. The number of hydrogen-bond acceptors (Lipinski definition) is 2. The van der Waals surface area contributed by atoms with Gasteiger partial charge in [0.15, 0.2) is 0 Å². The van der Waals surface area contributed by atoms with Gasteiger partial charge < -0.3 is 9.88 Å². The Kier molecular flexibility index (Phi) is 4.01. The summed E-state index contributed by atoms with van der Waals surface area (Å²) in [7, 11) is 0. The number of hydrogen-bond donors (Lipinski definition) is 1. The van der Waals surface area contributed by atoms with Crippen molar-refractivity contribution in [3.8, 4) is 0 Å². The third kappa shape index (κ3) is 2.78. The molecule has 0 radical (unpaired) electrons. The molecule has 0 aliphatic heterocycles. The Labute approximate surface area is 130 Å². The molecule has 1 N–H and O–H groups in total. The highest BCUT2D eigenvalue weighted by atomic mass is 16.2.